The quantitative estimate of drug-likeness (QED) is 0.752. The number of carboxylic acid groups (broad SMARTS) is 1. The van der Waals surface area contributed by atoms with Crippen molar-refractivity contribution in [1.29, 1.82) is 5.26 Å². The third-order valence-electron chi connectivity index (χ3n) is 3.54. The molecule has 0 saturated heterocycles. The molecule has 0 saturated carbocycles. The highest BCUT2D eigenvalue weighted by atomic mass is 32.1. The number of nitrogens with zero attached hydrogens (tertiary/aromatic N) is 1. The van der Waals surface area contributed by atoms with Crippen LogP contribution < -0.4 is 9.47 Å². The molecule has 0 aliphatic carbocycles. The highest BCUT2D eigenvalue weighted by molar-refractivity contribution is 7.21. The zero-order valence-corrected chi connectivity index (χ0v) is 13.8. The fraction of sp³-hybridized carbons (Fsp3) is 0.111. The molecule has 2 aromatic carbocycles. The van der Waals surface area contributed by atoms with E-state index in [9.17, 15) is 9.90 Å². The van der Waals surface area contributed by atoms with Crippen LogP contribution in [0.3, 0.4) is 0 Å². The minimum atomic E-state index is -1.06. The van der Waals surface area contributed by atoms with Crippen LogP contribution >= 0.6 is 11.3 Å². The van der Waals surface area contributed by atoms with Crippen molar-refractivity contribution in [2.75, 3.05) is 7.11 Å². The van der Waals surface area contributed by atoms with Crippen molar-refractivity contribution in [2.45, 2.75) is 6.92 Å². The number of methoxy groups -OCH3 is 1. The molecule has 1 N–H and O–H groups in total. The maximum Gasteiger partial charge on any atom is 0.349 e. The number of hydrogen-bond acceptors (Lipinski definition) is 5. The lowest BCUT2D eigenvalue weighted by atomic mass is 10.1. The van der Waals surface area contributed by atoms with E-state index in [0.29, 0.717) is 22.4 Å². The van der Waals surface area contributed by atoms with Gasteiger partial charge in [-0.1, -0.05) is 6.07 Å². The normalized spacial score (nSPS) is 10.4. The van der Waals surface area contributed by atoms with E-state index in [1.165, 1.54) is 0 Å². The zero-order chi connectivity index (χ0) is 17.3. The Balaban J connectivity index is 2.17. The molecule has 24 heavy (non-hydrogen) atoms. The number of ether oxygens (including phenoxy) is 2. The average Bonchev–Trinajstić information content (AvgIpc) is 2.92. The first kappa shape index (κ1) is 15.8. The third kappa shape index (κ3) is 2.77. The van der Waals surface area contributed by atoms with Crippen molar-refractivity contribution in [3.8, 4) is 23.3 Å². The zero-order valence-electron chi connectivity index (χ0n) is 13.0. The Morgan fingerprint density at radius 2 is 2.08 bits per heavy atom. The van der Waals surface area contributed by atoms with E-state index >= 15 is 0 Å². The van der Waals surface area contributed by atoms with Gasteiger partial charge >= 0.3 is 5.97 Å². The van der Waals surface area contributed by atoms with Gasteiger partial charge in [-0.25, -0.2) is 4.79 Å². The monoisotopic (exact) mass is 339 g/mol. The first-order valence-corrected chi connectivity index (χ1v) is 7.87. The first-order chi connectivity index (χ1) is 11.5. The Hall–Kier alpha value is -3.04. The van der Waals surface area contributed by atoms with Gasteiger partial charge in [-0.3, -0.25) is 0 Å². The van der Waals surface area contributed by atoms with Crippen LogP contribution in [0.2, 0.25) is 0 Å². The van der Waals surface area contributed by atoms with Crippen molar-refractivity contribution in [1.82, 2.24) is 0 Å². The summed E-state index contributed by atoms with van der Waals surface area (Å²) < 4.78 is 11.9. The van der Waals surface area contributed by atoms with E-state index < -0.39 is 5.97 Å². The van der Waals surface area contributed by atoms with Gasteiger partial charge in [0.05, 0.1) is 18.7 Å². The fourth-order valence-corrected chi connectivity index (χ4v) is 3.40. The second-order valence-corrected chi connectivity index (χ2v) is 6.18. The molecule has 0 amide bonds. The van der Waals surface area contributed by atoms with Crippen molar-refractivity contribution < 1.29 is 19.4 Å². The molecule has 0 unspecified atom stereocenters. The predicted molar refractivity (Wildman–Crippen MR) is 91.3 cm³/mol. The molecule has 0 bridgehead atoms. The van der Waals surface area contributed by atoms with Gasteiger partial charge < -0.3 is 14.6 Å². The second kappa shape index (κ2) is 6.22. The molecule has 3 aromatic rings. The number of rotatable bonds is 4. The maximum atomic E-state index is 11.6. The Morgan fingerprint density at radius 3 is 2.75 bits per heavy atom. The van der Waals surface area contributed by atoms with Gasteiger partial charge in [-0.05, 0) is 42.8 Å². The van der Waals surface area contributed by atoms with E-state index in [1.54, 1.807) is 37.4 Å². The Kier molecular flexibility index (Phi) is 4.11. The van der Waals surface area contributed by atoms with Crippen molar-refractivity contribution in [2.24, 2.45) is 0 Å². The lowest BCUT2D eigenvalue weighted by molar-refractivity contribution is 0.0700. The molecular weight excluding hydrogens is 326 g/mol. The molecule has 0 aliphatic heterocycles. The summed E-state index contributed by atoms with van der Waals surface area (Å²) in [6, 6.07) is 12.3. The fourth-order valence-electron chi connectivity index (χ4n) is 2.42. The van der Waals surface area contributed by atoms with Crippen molar-refractivity contribution in [3.63, 3.8) is 0 Å². The minimum absolute atomic E-state index is 0.111. The van der Waals surface area contributed by atoms with E-state index in [2.05, 4.69) is 0 Å². The van der Waals surface area contributed by atoms with Crippen molar-refractivity contribution in [3.05, 3.63) is 52.4 Å². The molecular formula is C18H13NO4S. The van der Waals surface area contributed by atoms with Crippen LogP contribution in [0.15, 0.2) is 36.4 Å². The topological polar surface area (TPSA) is 79.6 Å². The summed E-state index contributed by atoms with van der Waals surface area (Å²) in [6.07, 6.45) is 0. The smallest absolute Gasteiger partial charge is 0.349 e. The number of fused-ring (bicyclic) bond motifs is 1. The molecule has 0 radical (unpaired) electrons. The lowest BCUT2D eigenvalue weighted by Crippen LogP contribution is -1.96. The highest BCUT2D eigenvalue weighted by Gasteiger charge is 2.21. The summed E-state index contributed by atoms with van der Waals surface area (Å²) in [6.45, 7) is 1.89. The third-order valence-corrected chi connectivity index (χ3v) is 4.66. The Labute approximate surface area is 142 Å². The SMILES string of the molecule is COc1cc2sc(C(=O)O)c(Oc3cccc(C#N)c3)c2cc1C. The van der Waals surface area contributed by atoms with Crippen LogP contribution in [0.1, 0.15) is 20.8 Å². The molecule has 0 aliphatic rings. The van der Waals surface area contributed by atoms with Gasteiger partial charge in [0.1, 0.15) is 11.5 Å². The van der Waals surface area contributed by atoms with Gasteiger partial charge in [0.25, 0.3) is 0 Å². The van der Waals surface area contributed by atoms with Gasteiger partial charge in [0.2, 0.25) is 0 Å². The summed E-state index contributed by atoms with van der Waals surface area (Å²) >= 11 is 1.13. The van der Waals surface area contributed by atoms with E-state index in [1.807, 2.05) is 19.1 Å². The van der Waals surface area contributed by atoms with Gasteiger partial charge in [-0.15, -0.1) is 11.3 Å². The van der Waals surface area contributed by atoms with Gasteiger partial charge in [-0.2, -0.15) is 5.26 Å². The van der Waals surface area contributed by atoms with Crippen LogP contribution in [0.4, 0.5) is 0 Å². The number of hydrogen-bond donors (Lipinski definition) is 1. The van der Waals surface area contributed by atoms with Gasteiger partial charge in [0.15, 0.2) is 10.6 Å². The van der Waals surface area contributed by atoms with Crippen LogP contribution in [-0.4, -0.2) is 18.2 Å². The molecule has 6 heteroatoms. The van der Waals surface area contributed by atoms with E-state index in [4.69, 9.17) is 14.7 Å². The minimum Gasteiger partial charge on any atom is -0.496 e. The molecule has 0 atom stereocenters. The summed E-state index contributed by atoms with van der Waals surface area (Å²) in [5.74, 6) is 0.339. The highest BCUT2D eigenvalue weighted by Crippen LogP contribution is 2.42. The number of benzene rings is 2. The predicted octanol–water partition coefficient (Wildman–Crippen LogP) is 4.58. The molecule has 120 valence electrons. The molecule has 1 heterocycles. The number of carbonyl (C=O) groups is 1. The largest absolute Gasteiger partial charge is 0.496 e. The standard InChI is InChI=1S/C18H13NO4S/c1-10-6-13-15(8-14(10)22-2)24-17(18(20)21)16(13)23-12-5-3-4-11(7-12)9-19/h3-8H,1-2H3,(H,20,21). The van der Waals surface area contributed by atoms with Crippen LogP contribution in [0.25, 0.3) is 10.1 Å². The number of aryl methyl sites for hydroxylation is 1. The molecule has 1 aromatic heterocycles. The second-order valence-electron chi connectivity index (χ2n) is 5.13. The Bertz CT molecular complexity index is 985. The van der Waals surface area contributed by atoms with Crippen LogP contribution in [-0.2, 0) is 0 Å². The van der Waals surface area contributed by atoms with Gasteiger partial charge in [0, 0.05) is 10.1 Å². The lowest BCUT2D eigenvalue weighted by Gasteiger charge is -2.08. The van der Waals surface area contributed by atoms with Crippen LogP contribution in [0, 0.1) is 18.3 Å². The summed E-state index contributed by atoms with van der Waals surface area (Å²) in [5.41, 5.74) is 1.33. The number of nitriles is 1. The number of thiophene rings is 1. The maximum absolute atomic E-state index is 11.6. The van der Waals surface area contributed by atoms with Crippen LogP contribution in [0.5, 0.6) is 17.2 Å². The van der Waals surface area contributed by atoms with E-state index in [0.717, 1.165) is 21.6 Å². The summed E-state index contributed by atoms with van der Waals surface area (Å²) in [4.78, 5) is 11.7. The van der Waals surface area contributed by atoms with Crippen molar-refractivity contribution >= 4 is 27.4 Å². The average molecular weight is 339 g/mol. The first-order valence-electron chi connectivity index (χ1n) is 7.06. The molecule has 0 fully saturated rings. The molecule has 5 nitrogen and oxygen atoms in total. The summed E-state index contributed by atoms with van der Waals surface area (Å²) in [5, 5.41) is 19.2. The summed E-state index contributed by atoms with van der Waals surface area (Å²) in [7, 11) is 1.57. The number of carboxylic acids is 1. The molecule has 0 spiro atoms. The Morgan fingerprint density at radius 1 is 1.29 bits per heavy atom. The number of aromatic carboxylic acids is 1. The van der Waals surface area contributed by atoms with E-state index in [-0.39, 0.29) is 10.6 Å². The molecule has 3 rings (SSSR count).